The van der Waals surface area contributed by atoms with Crippen LogP contribution < -0.4 is 10.3 Å². The molecule has 7 unspecified atom stereocenters. The Balaban J connectivity index is 1.33. The minimum atomic E-state index is -0.248. The number of ether oxygens (including phenoxy) is 1. The highest BCUT2D eigenvalue weighted by atomic mass is 16.5. The molecule has 0 spiro atoms. The Bertz CT molecular complexity index is 1400. The number of hydrogen-bond acceptors (Lipinski definition) is 5. The van der Waals surface area contributed by atoms with Gasteiger partial charge >= 0.3 is 0 Å². The van der Waals surface area contributed by atoms with E-state index in [1.54, 1.807) is 16.7 Å². The SMILES string of the molecule is C1=C2C(CCC1)CC(C1CCCO1)N(N1CCCc3ccccc31)C2(C1NCCc2ccccc21)N1CCCC2CCCCC21. The molecule has 7 aliphatic rings. The Kier molecular flexibility index (Phi) is 7.81. The predicted molar refractivity (Wildman–Crippen MR) is 182 cm³/mol. The summed E-state index contributed by atoms with van der Waals surface area (Å²) < 4.78 is 6.80. The van der Waals surface area contributed by atoms with Gasteiger partial charge in [0.1, 0.15) is 5.66 Å². The number of fused-ring (bicyclic) bond motifs is 4. The third-order valence-corrected chi connectivity index (χ3v) is 13.1. The molecule has 7 atom stereocenters. The molecule has 0 aromatic heterocycles. The maximum Gasteiger partial charge on any atom is 0.134 e. The van der Waals surface area contributed by atoms with Crippen LogP contribution in [0.4, 0.5) is 5.69 Å². The first kappa shape index (κ1) is 29.0. The fourth-order valence-corrected chi connectivity index (χ4v) is 11.4. The number of aryl methyl sites for hydroxylation is 1. The summed E-state index contributed by atoms with van der Waals surface area (Å²) in [5.74, 6) is 1.45. The molecule has 0 bridgehead atoms. The van der Waals surface area contributed by atoms with Crippen LogP contribution in [-0.2, 0) is 17.6 Å². The summed E-state index contributed by atoms with van der Waals surface area (Å²) in [5, 5.41) is 10.2. The van der Waals surface area contributed by atoms with Crippen molar-refractivity contribution < 1.29 is 4.74 Å². The highest BCUT2D eigenvalue weighted by molar-refractivity contribution is 5.56. The summed E-state index contributed by atoms with van der Waals surface area (Å²) in [4.78, 5) is 3.17. The van der Waals surface area contributed by atoms with E-state index in [1.165, 1.54) is 108 Å². The second-order valence-electron chi connectivity index (χ2n) is 15.4. The molecule has 1 N–H and O–H groups in total. The zero-order valence-corrected chi connectivity index (χ0v) is 27.3. The van der Waals surface area contributed by atoms with E-state index in [4.69, 9.17) is 4.74 Å². The van der Waals surface area contributed by atoms with Crippen LogP contribution in [0.2, 0.25) is 0 Å². The Morgan fingerprint density at radius 1 is 0.756 bits per heavy atom. The second-order valence-corrected chi connectivity index (χ2v) is 15.4. The van der Waals surface area contributed by atoms with Crippen molar-refractivity contribution in [3.63, 3.8) is 0 Å². The Morgan fingerprint density at radius 3 is 2.56 bits per heavy atom. The van der Waals surface area contributed by atoms with Crippen molar-refractivity contribution >= 4 is 5.69 Å². The standard InChI is InChI=1S/C40H54N4O/c1-5-18-33-29(12-1)23-24-41-39(33)40(42-25-9-16-30-13-3-7-20-35(30)42)34-19-6-2-15-32(34)28-37(38-22-11-27-45-38)44(40)43-26-10-17-31-14-4-8-21-36(31)43/h1,4-5,8,12,14,18-19,21,30,32,35,37-39,41H,2-3,6-7,9-11,13,15-17,20,22-28H2. The van der Waals surface area contributed by atoms with Crippen LogP contribution in [0.5, 0.6) is 0 Å². The smallest absolute Gasteiger partial charge is 0.134 e. The normalized spacial score (nSPS) is 37.2. The van der Waals surface area contributed by atoms with E-state index in [0.717, 1.165) is 32.0 Å². The minimum Gasteiger partial charge on any atom is -0.377 e. The first-order chi connectivity index (χ1) is 22.3. The van der Waals surface area contributed by atoms with Crippen molar-refractivity contribution in [2.75, 3.05) is 31.3 Å². The summed E-state index contributed by atoms with van der Waals surface area (Å²) in [7, 11) is 0. The number of hydrazine groups is 1. The molecular formula is C40H54N4O. The van der Waals surface area contributed by atoms with Gasteiger partial charge in [0.25, 0.3) is 0 Å². The maximum absolute atomic E-state index is 6.80. The van der Waals surface area contributed by atoms with Crippen molar-refractivity contribution in [3.05, 3.63) is 76.9 Å². The van der Waals surface area contributed by atoms with Crippen LogP contribution in [-0.4, -0.2) is 60.0 Å². The average molecular weight is 607 g/mol. The van der Waals surface area contributed by atoms with E-state index < -0.39 is 0 Å². The molecule has 3 saturated heterocycles. The lowest BCUT2D eigenvalue weighted by Crippen LogP contribution is -2.80. The van der Waals surface area contributed by atoms with Gasteiger partial charge in [-0.25, -0.2) is 0 Å². The van der Waals surface area contributed by atoms with Gasteiger partial charge in [-0.3, -0.25) is 4.90 Å². The van der Waals surface area contributed by atoms with Crippen LogP contribution in [0.3, 0.4) is 0 Å². The van der Waals surface area contributed by atoms with Gasteiger partial charge < -0.3 is 15.1 Å². The lowest BCUT2D eigenvalue weighted by atomic mass is 9.65. The maximum atomic E-state index is 6.80. The zero-order valence-electron chi connectivity index (χ0n) is 27.3. The van der Waals surface area contributed by atoms with Crippen LogP contribution in [0.1, 0.15) is 106 Å². The van der Waals surface area contributed by atoms with Gasteiger partial charge in [-0.05, 0) is 130 Å². The van der Waals surface area contributed by atoms with E-state index in [2.05, 4.69) is 74.8 Å². The van der Waals surface area contributed by atoms with Crippen LogP contribution in [0.15, 0.2) is 60.2 Å². The topological polar surface area (TPSA) is 31.0 Å². The summed E-state index contributed by atoms with van der Waals surface area (Å²) in [6.45, 7) is 4.27. The molecule has 45 heavy (non-hydrogen) atoms. The number of rotatable bonds is 4. The summed E-state index contributed by atoms with van der Waals surface area (Å²) in [6.07, 6.45) is 22.4. The molecular weight excluding hydrogens is 552 g/mol. The zero-order chi connectivity index (χ0) is 29.8. The van der Waals surface area contributed by atoms with Gasteiger partial charge in [0, 0.05) is 25.7 Å². The highest BCUT2D eigenvalue weighted by Crippen LogP contribution is 2.58. The largest absolute Gasteiger partial charge is 0.377 e. The van der Waals surface area contributed by atoms with Crippen molar-refractivity contribution in [2.24, 2.45) is 11.8 Å². The van der Waals surface area contributed by atoms with Crippen LogP contribution in [0, 0.1) is 11.8 Å². The molecule has 2 aromatic carbocycles. The molecule has 2 aliphatic carbocycles. The molecule has 0 amide bonds. The van der Waals surface area contributed by atoms with E-state index >= 15 is 0 Å². The number of piperidine rings is 2. The van der Waals surface area contributed by atoms with Crippen molar-refractivity contribution in [2.45, 2.75) is 126 Å². The van der Waals surface area contributed by atoms with Crippen molar-refractivity contribution in [3.8, 4) is 0 Å². The molecule has 4 fully saturated rings. The fraction of sp³-hybridized carbons (Fsp3) is 0.650. The second kappa shape index (κ2) is 12.1. The molecule has 2 aromatic rings. The number of nitrogens with one attached hydrogen (secondary N) is 1. The first-order valence-electron chi connectivity index (χ1n) is 18.9. The Hall–Kier alpha value is -2.18. The summed E-state index contributed by atoms with van der Waals surface area (Å²) >= 11 is 0. The minimum absolute atomic E-state index is 0.230. The van der Waals surface area contributed by atoms with Gasteiger partial charge in [-0.2, -0.15) is 5.01 Å². The highest BCUT2D eigenvalue weighted by Gasteiger charge is 2.64. The monoisotopic (exact) mass is 606 g/mol. The van der Waals surface area contributed by atoms with E-state index in [0.29, 0.717) is 24.1 Å². The number of para-hydroxylation sites is 1. The number of allylic oxidation sites excluding steroid dienone is 1. The fourth-order valence-electron chi connectivity index (χ4n) is 11.4. The molecule has 5 heterocycles. The predicted octanol–water partition coefficient (Wildman–Crippen LogP) is 7.57. The number of anilines is 1. The molecule has 5 aliphatic heterocycles. The molecule has 5 heteroatoms. The lowest BCUT2D eigenvalue weighted by Gasteiger charge is -2.69. The number of hydrogen-bond donors (Lipinski definition) is 1. The number of nitrogens with zero attached hydrogens (tertiary/aromatic N) is 3. The van der Waals surface area contributed by atoms with Crippen molar-refractivity contribution in [1.82, 2.24) is 15.2 Å². The molecule has 1 saturated carbocycles. The van der Waals surface area contributed by atoms with Gasteiger partial charge in [-0.15, -0.1) is 0 Å². The van der Waals surface area contributed by atoms with Crippen LogP contribution in [0.25, 0.3) is 0 Å². The molecule has 0 radical (unpaired) electrons. The quantitative estimate of drug-likeness (QED) is 0.363. The van der Waals surface area contributed by atoms with E-state index in [-0.39, 0.29) is 11.7 Å². The Morgan fingerprint density at radius 2 is 1.62 bits per heavy atom. The lowest BCUT2D eigenvalue weighted by molar-refractivity contribution is -0.174. The van der Waals surface area contributed by atoms with Gasteiger partial charge in [0.2, 0.25) is 0 Å². The van der Waals surface area contributed by atoms with Gasteiger partial charge in [0.05, 0.1) is 23.9 Å². The number of likely N-dealkylation sites (tertiary alicyclic amines) is 1. The van der Waals surface area contributed by atoms with Crippen LogP contribution >= 0.6 is 0 Å². The molecule has 5 nitrogen and oxygen atoms in total. The van der Waals surface area contributed by atoms with E-state index in [1.807, 2.05) is 0 Å². The van der Waals surface area contributed by atoms with Gasteiger partial charge in [0.15, 0.2) is 0 Å². The first-order valence-corrected chi connectivity index (χ1v) is 18.9. The van der Waals surface area contributed by atoms with E-state index in [9.17, 15) is 0 Å². The van der Waals surface area contributed by atoms with Crippen molar-refractivity contribution in [1.29, 1.82) is 0 Å². The third-order valence-electron chi connectivity index (χ3n) is 13.1. The third kappa shape index (κ3) is 4.70. The molecule has 9 rings (SSSR count). The van der Waals surface area contributed by atoms with Gasteiger partial charge in [-0.1, -0.05) is 61.4 Å². The average Bonchev–Trinajstić information content (AvgIpc) is 3.65. The Labute approximate surface area is 271 Å². The summed E-state index contributed by atoms with van der Waals surface area (Å²) in [5.41, 5.74) is 7.59. The molecule has 240 valence electrons. The summed E-state index contributed by atoms with van der Waals surface area (Å²) in [6, 6.07) is 20.2. The number of benzene rings is 2.